The standard InChI is InChI=1S/C12H16ClN3O2S/c1-18-5-4-15-11(17)7-16-10-6-8(13)2-3-9(10)12(14)19/h2-3,6,16H,4-5,7H2,1H3,(H2,14,19)(H,15,17). The highest BCUT2D eigenvalue weighted by Gasteiger charge is 2.07. The molecule has 0 spiro atoms. The molecule has 0 heterocycles. The summed E-state index contributed by atoms with van der Waals surface area (Å²) in [5, 5.41) is 6.19. The SMILES string of the molecule is COCCNC(=O)CNc1cc(Cl)ccc1C(N)=S. The number of thiocarbonyl (C=S) groups is 1. The Morgan fingerprint density at radius 1 is 1.53 bits per heavy atom. The van der Waals surface area contributed by atoms with Gasteiger partial charge in [-0.1, -0.05) is 23.8 Å². The van der Waals surface area contributed by atoms with Crippen LogP contribution < -0.4 is 16.4 Å². The van der Waals surface area contributed by atoms with Gasteiger partial charge in [-0.3, -0.25) is 4.79 Å². The largest absolute Gasteiger partial charge is 0.389 e. The second kappa shape index (κ2) is 7.93. The summed E-state index contributed by atoms with van der Waals surface area (Å²) >= 11 is 10.8. The maximum Gasteiger partial charge on any atom is 0.239 e. The average molecular weight is 302 g/mol. The number of hydrogen-bond donors (Lipinski definition) is 3. The molecule has 0 bridgehead atoms. The molecular weight excluding hydrogens is 286 g/mol. The Morgan fingerprint density at radius 3 is 2.89 bits per heavy atom. The minimum atomic E-state index is -0.147. The van der Waals surface area contributed by atoms with Crippen molar-refractivity contribution in [2.75, 3.05) is 32.1 Å². The van der Waals surface area contributed by atoms with Crippen molar-refractivity contribution in [1.82, 2.24) is 5.32 Å². The summed E-state index contributed by atoms with van der Waals surface area (Å²) in [6.07, 6.45) is 0. The minimum absolute atomic E-state index is 0.111. The normalized spacial score (nSPS) is 10.0. The molecule has 0 aliphatic carbocycles. The quantitative estimate of drug-likeness (QED) is 0.520. The van der Waals surface area contributed by atoms with E-state index in [9.17, 15) is 4.79 Å². The molecule has 0 saturated carbocycles. The Morgan fingerprint density at radius 2 is 2.26 bits per heavy atom. The average Bonchev–Trinajstić information content (AvgIpc) is 2.36. The highest BCUT2D eigenvalue weighted by Crippen LogP contribution is 2.20. The maximum atomic E-state index is 11.5. The van der Waals surface area contributed by atoms with Crippen LogP contribution in [-0.4, -0.2) is 37.7 Å². The third-order valence-electron chi connectivity index (χ3n) is 2.31. The molecule has 0 saturated heterocycles. The number of methoxy groups -OCH3 is 1. The zero-order chi connectivity index (χ0) is 14.3. The summed E-state index contributed by atoms with van der Waals surface area (Å²) in [6, 6.07) is 5.09. The summed E-state index contributed by atoms with van der Waals surface area (Å²) in [5.74, 6) is -0.147. The number of nitrogens with one attached hydrogen (secondary N) is 2. The summed E-state index contributed by atoms with van der Waals surface area (Å²) < 4.78 is 4.84. The van der Waals surface area contributed by atoms with Crippen LogP contribution in [0.2, 0.25) is 5.02 Å². The van der Waals surface area contributed by atoms with E-state index in [4.69, 9.17) is 34.3 Å². The summed E-state index contributed by atoms with van der Waals surface area (Å²) in [7, 11) is 1.57. The van der Waals surface area contributed by atoms with Gasteiger partial charge in [0.05, 0.1) is 13.2 Å². The molecule has 0 atom stereocenters. The summed E-state index contributed by atoms with van der Waals surface area (Å²) in [6.45, 7) is 1.05. The number of benzene rings is 1. The van der Waals surface area contributed by atoms with Crippen molar-refractivity contribution in [2.24, 2.45) is 5.73 Å². The Labute approximate surface area is 122 Å². The number of carbonyl (C=O) groups excluding carboxylic acids is 1. The third-order valence-corrected chi connectivity index (χ3v) is 2.77. The molecule has 7 heteroatoms. The van der Waals surface area contributed by atoms with E-state index < -0.39 is 0 Å². The lowest BCUT2D eigenvalue weighted by Gasteiger charge is -2.11. The number of ether oxygens (including phenoxy) is 1. The fraction of sp³-hybridized carbons (Fsp3) is 0.333. The third kappa shape index (κ3) is 5.42. The van der Waals surface area contributed by atoms with E-state index in [1.807, 2.05) is 0 Å². The molecule has 1 rings (SSSR count). The van der Waals surface area contributed by atoms with Gasteiger partial charge in [0, 0.05) is 29.9 Å². The smallest absolute Gasteiger partial charge is 0.239 e. The molecule has 5 nitrogen and oxygen atoms in total. The number of rotatable bonds is 7. The maximum absolute atomic E-state index is 11.5. The van der Waals surface area contributed by atoms with Crippen LogP contribution in [0.1, 0.15) is 5.56 Å². The molecule has 0 fully saturated rings. The first-order chi connectivity index (χ1) is 9.04. The molecule has 19 heavy (non-hydrogen) atoms. The Kier molecular flexibility index (Phi) is 6.55. The van der Waals surface area contributed by atoms with Crippen molar-refractivity contribution >= 4 is 40.4 Å². The van der Waals surface area contributed by atoms with Crippen molar-refractivity contribution < 1.29 is 9.53 Å². The first-order valence-corrected chi connectivity index (χ1v) is 6.42. The zero-order valence-corrected chi connectivity index (χ0v) is 12.1. The molecule has 0 aliphatic rings. The Balaban J connectivity index is 2.59. The van der Waals surface area contributed by atoms with Crippen LogP contribution in [0.5, 0.6) is 0 Å². The Bertz CT molecular complexity index is 468. The van der Waals surface area contributed by atoms with Crippen molar-refractivity contribution in [3.63, 3.8) is 0 Å². The van der Waals surface area contributed by atoms with Gasteiger partial charge in [0.15, 0.2) is 0 Å². The fourth-order valence-corrected chi connectivity index (χ4v) is 1.76. The van der Waals surface area contributed by atoms with Gasteiger partial charge in [-0.2, -0.15) is 0 Å². The lowest BCUT2D eigenvalue weighted by molar-refractivity contribution is -0.119. The number of anilines is 1. The van der Waals surface area contributed by atoms with E-state index in [0.717, 1.165) is 0 Å². The first kappa shape index (κ1) is 15.7. The molecule has 0 unspecified atom stereocenters. The lowest BCUT2D eigenvalue weighted by atomic mass is 10.2. The molecule has 104 valence electrons. The molecular formula is C12H16ClN3O2S. The van der Waals surface area contributed by atoms with Gasteiger partial charge in [-0.15, -0.1) is 0 Å². The van der Waals surface area contributed by atoms with Crippen molar-refractivity contribution in [3.8, 4) is 0 Å². The van der Waals surface area contributed by atoms with E-state index in [2.05, 4.69) is 10.6 Å². The summed E-state index contributed by atoms with van der Waals surface area (Å²) in [4.78, 5) is 11.8. The minimum Gasteiger partial charge on any atom is -0.389 e. The van der Waals surface area contributed by atoms with Gasteiger partial charge in [0.2, 0.25) is 5.91 Å². The molecule has 1 amide bonds. The van der Waals surface area contributed by atoms with Crippen LogP contribution in [0.4, 0.5) is 5.69 Å². The van der Waals surface area contributed by atoms with Crippen LogP contribution in [0.3, 0.4) is 0 Å². The van der Waals surface area contributed by atoms with Gasteiger partial charge in [-0.05, 0) is 18.2 Å². The molecule has 4 N–H and O–H groups in total. The van der Waals surface area contributed by atoms with Crippen molar-refractivity contribution in [3.05, 3.63) is 28.8 Å². The highest BCUT2D eigenvalue weighted by atomic mass is 35.5. The number of hydrogen-bond acceptors (Lipinski definition) is 4. The topological polar surface area (TPSA) is 76.4 Å². The molecule has 0 radical (unpaired) electrons. The predicted molar refractivity (Wildman–Crippen MR) is 80.7 cm³/mol. The Hall–Kier alpha value is -1.37. The van der Waals surface area contributed by atoms with Crippen LogP contribution in [0.25, 0.3) is 0 Å². The van der Waals surface area contributed by atoms with E-state index in [-0.39, 0.29) is 17.4 Å². The predicted octanol–water partition coefficient (Wildman–Crippen LogP) is 1.15. The summed E-state index contributed by atoms with van der Waals surface area (Å²) in [5.41, 5.74) is 6.90. The zero-order valence-electron chi connectivity index (χ0n) is 10.5. The van der Waals surface area contributed by atoms with Crippen LogP contribution >= 0.6 is 23.8 Å². The number of halogens is 1. The molecule has 1 aromatic rings. The lowest BCUT2D eigenvalue weighted by Crippen LogP contribution is -2.32. The van der Waals surface area contributed by atoms with Crippen molar-refractivity contribution in [2.45, 2.75) is 0 Å². The highest BCUT2D eigenvalue weighted by molar-refractivity contribution is 7.80. The second-order valence-corrected chi connectivity index (χ2v) is 4.63. The fourth-order valence-electron chi connectivity index (χ4n) is 1.41. The van der Waals surface area contributed by atoms with Gasteiger partial charge < -0.3 is 21.1 Å². The van der Waals surface area contributed by atoms with Crippen LogP contribution in [0.15, 0.2) is 18.2 Å². The van der Waals surface area contributed by atoms with Crippen LogP contribution in [-0.2, 0) is 9.53 Å². The van der Waals surface area contributed by atoms with Gasteiger partial charge in [0.1, 0.15) is 4.99 Å². The van der Waals surface area contributed by atoms with Gasteiger partial charge >= 0.3 is 0 Å². The number of carbonyl (C=O) groups is 1. The van der Waals surface area contributed by atoms with Crippen LogP contribution in [0, 0.1) is 0 Å². The second-order valence-electron chi connectivity index (χ2n) is 3.75. The van der Waals surface area contributed by atoms with E-state index >= 15 is 0 Å². The van der Waals surface area contributed by atoms with Gasteiger partial charge in [0.25, 0.3) is 0 Å². The van der Waals surface area contributed by atoms with E-state index in [1.165, 1.54) is 0 Å². The number of nitrogens with two attached hydrogens (primary N) is 1. The van der Waals surface area contributed by atoms with Gasteiger partial charge in [-0.25, -0.2) is 0 Å². The monoisotopic (exact) mass is 301 g/mol. The van der Waals surface area contributed by atoms with E-state index in [0.29, 0.717) is 29.4 Å². The first-order valence-electron chi connectivity index (χ1n) is 5.63. The molecule has 0 aromatic heterocycles. The number of amides is 1. The molecule has 0 aliphatic heterocycles. The van der Waals surface area contributed by atoms with E-state index in [1.54, 1.807) is 25.3 Å². The van der Waals surface area contributed by atoms with Crippen molar-refractivity contribution in [1.29, 1.82) is 0 Å². The molecule has 1 aromatic carbocycles.